The van der Waals surface area contributed by atoms with Crippen molar-refractivity contribution >= 4 is 54.7 Å². The smallest absolute Gasteiger partial charge is 0.319 e. The van der Waals surface area contributed by atoms with Crippen LogP contribution in [0.15, 0.2) is 12.1 Å². The molecule has 0 bridgehead atoms. The first-order valence-electron chi connectivity index (χ1n) is 15.2. The second-order valence-electron chi connectivity index (χ2n) is 12.7. The van der Waals surface area contributed by atoms with Gasteiger partial charge in [-0.3, -0.25) is 4.90 Å². The first-order chi connectivity index (χ1) is 21.7. The van der Waals surface area contributed by atoms with E-state index in [1.807, 2.05) is 13.1 Å². The topological polar surface area (TPSA) is 101 Å². The fourth-order valence-electron chi connectivity index (χ4n) is 7.98. The van der Waals surface area contributed by atoms with Crippen LogP contribution in [-0.4, -0.2) is 65.5 Å². The molecule has 0 amide bonds. The molecule has 2 saturated heterocycles. The molecule has 2 aromatic heterocycles. The first kappa shape index (κ1) is 28.9. The molecule has 45 heavy (non-hydrogen) atoms. The van der Waals surface area contributed by atoms with Crippen LogP contribution in [0.5, 0.6) is 11.8 Å². The number of alkyl halides is 1. The third-order valence-electron chi connectivity index (χ3n) is 10.5. The Bertz CT molecular complexity index is 1940. The van der Waals surface area contributed by atoms with Gasteiger partial charge in [-0.2, -0.15) is 15.2 Å². The van der Waals surface area contributed by atoms with Gasteiger partial charge in [0.05, 0.1) is 32.8 Å². The van der Waals surface area contributed by atoms with Crippen molar-refractivity contribution in [3.63, 3.8) is 0 Å². The molecular weight excluding hydrogens is 625 g/mol. The number of nitrogen functional groups attached to an aromatic ring is 1. The maximum Gasteiger partial charge on any atom is 0.319 e. The molecule has 234 valence electrons. The minimum absolute atomic E-state index is 0.0252. The largest absolute Gasteiger partial charge is 0.491 e. The Kier molecular flexibility index (Phi) is 6.58. The van der Waals surface area contributed by atoms with E-state index >= 15 is 4.39 Å². The summed E-state index contributed by atoms with van der Waals surface area (Å²) in [7, 11) is 1.94. The number of fused-ring (bicyclic) bond motifs is 2. The van der Waals surface area contributed by atoms with Crippen LogP contribution < -0.4 is 20.1 Å². The summed E-state index contributed by atoms with van der Waals surface area (Å²) in [6.45, 7) is 1.69. The quantitative estimate of drug-likeness (QED) is 0.251. The molecule has 3 aliphatic heterocycles. The van der Waals surface area contributed by atoms with Gasteiger partial charge in [-0.25, -0.2) is 13.2 Å². The Morgan fingerprint density at radius 1 is 1.20 bits per heavy atom. The maximum absolute atomic E-state index is 17.1. The highest BCUT2D eigenvalue weighted by molar-refractivity contribution is 7.23. The van der Waals surface area contributed by atoms with Crippen molar-refractivity contribution in [1.29, 1.82) is 5.26 Å². The molecule has 4 aliphatic rings. The Labute approximate surface area is 266 Å². The number of aromatic nitrogens is 2. The van der Waals surface area contributed by atoms with Crippen LogP contribution >= 0.6 is 22.9 Å². The van der Waals surface area contributed by atoms with Gasteiger partial charge >= 0.3 is 6.01 Å². The van der Waals surface area contributed by atoms with Crippen molar-refractivity contribution in [2.45, 2.75) is 62.2 Å². The number of nitriles is 1. The van der Waals surface area contributed by atoms with E-state index in [9.17, 15) is 14.0 Å². The average Bonchev–Trinajstić information content (AvgIpc) is 3.64. The SMILES string of the molecule is CN1c2nc(OC[C@@]34CCCN3C[C@H](F)C4)nc3c(F)c(-c4ccc(F)c5sc(N)c(C#N)c45)c(Cl)c(c23)OCCC12CCC2. The predicted octanol–water partition coefficient (Wildman–Crippen LogP) is 6.99. The van der Waals surface area contributed by atoms with Crippen molar-refractivity contribution in [1.82, 2.24) is 14.9 Å². The monoisotopic (exact) mass is 654 g/mol. The number of hydrogen-bond acceptors (Lipinski definition) is 9. The van der Waals surface area contributed by atoms with Crippen molar-refractivity contribution in [2.24, 2.45) is 0 Å². The van der Waals surface area contributed by atoms with E-state index in [-0.39, 0.29) is 66.2 Å². The molecule has 13 heteroatoms. The molecule has 1 aliphatic carbocycles. The van der Waals surface area contributed by atoms with E-state index in [1.54, 1.807) is 0 Å². The van der Waals surface area contributed by atoms with E-state index in [1.165, 1.54) is 12.1 Å². The zero-order valence-electron chi connectivity index (χ0n) is 24.6. The third kappa shape index (κ3) is 4.13. The Morgan fingerprint density at radius 2 is 2.02 bits per heavy atom. The van der Waals surface area contributed by atoms with Gasteiger partial charge in [-0.1, -0.05) is 17.7 Å². The highest BCUT2D eigenvalue weighted by Crippen LogP contribution is 2.53. The number of nitrogens with two attached hydrogens (primary N) is 1. The highest BCUT2D eigenvalue weighted by atomic mass is 35.5. The van der Waals surface area contributed by atoms with Crippen LogP contribution in [0.1, 0.15) is 50.5 Å². The van der Waals surface area contributed by atoms with Crippen molar-refractivity contribution < 1.29 is 22.6 Å². The highest BCUT2D eigenvalue weighted by Gasteiger charge is 2.50. The molecule has 3 fully saturated rings. The summed E-state index contributed by atoms with van der Waals surface area (Å²) >= 11 is 7.93. The summed E-state index contributed by atoms with van der Waals surface area (Å²) in [4.78, 5) is 13.6. The summed E-state index contributed by atoms with van der Waals surface area (Å²) in [5, 5.41) is 10.5. The van der Waals surface area contributed by atoms with Crippen LogP contribution in [0.4, 0.5) is 24.0 Å². The van der Waals surface area contributed by atoms with Gasteiger partial charge in [-0.05, 0) is 50.3 Å². The number of nitrogens with zero attached hydrogens (tertiary/aromatic N) is 5. The maximum atomic E-state index is 17.1. The number of ether oxygens (including phenoxy) is 2. The lowest BCUT2D eigenvalue weighted by Crippen LogP contribution is -2.54. The predicted molar refractivity (Wildman–Crippen MR) is 168 cm³/mol. The zero-order valence-corrected chi connectivity index (χ0v) is 26.1. The molecule has 8 rings (SSSR count). The Hall–Kier alpha value is -3.53. The fourth-order valence-corrected chi connectivity index (χ4v) is 9.26. The van der Waals surface area contributed by atoms with Crippen molar-refractivity contribution in [3.8, 4) is 29.0 Å². The van der Waals surface area contributed by atoms with Crippen LogP contribution in [-0.2, 0) is 0 Å². The second kappa shape index (κ2) is 10.2. The molecule has 2 N–H and O–H groups in total. The Balaban J connectivity index is 1.36. The lowest BCUT2D eigenvalue weighted by molar-refractivity contribution is 0.107. The molecule has 1 spiro atoms. The number of halogens is 4. The Morgan fingerprint density at radius 3 is 2.78 bits per heavy atom. The van der Waals surface area contributed by atoms with Gasteiger partial charge in [0, 0.05) is 42.9 Å². The average molecular weight is 655 g/mol. The van der Waals surface area contributed by atoms with E-state index in [0.717, 1.165) is 50.0 Å². The minimum atomic E-state index is -0.928. The molecule has 4 aromatic rings. The molecule has 8 nitrogen and oxygen atoms in total. The molecule has 0 unspecified atom stereocenters. The number of thiophene rings is 1. The van der Waals surface area contributed by atoms with Gasteiger partial charge in [0.2, 0.25) is 0 Å². The molecule has 1 saturated carbocycles. The van der Waals surface area contributed by atoms with E-state index in [4.69, 9.17) is 31.8 Å². The van der Waals surface area contributed by atoms with Crippen LogP contribution in [0.2, 0.25) is 5.02 Å². The summed E-state index contributed by atoms with van der Waals surface area (Å²) in [6, 6.07) is 4.62. The van der Waals surface area contributed by atoms with Gasteiger partial charge in [0.1, 0.15) is 41.0 Å². The van der Waals surface area contributed by atoms with Crippen LogP contribution in [0.3, 0.4) is 0 Å². The van der Waals surface area contributed by atoms with Crippen molar-refractivity contribution in [2.75, 3.05) is 44.0 Å². The number of hydrogen-bond donors (Lipinski definition) is 1. The number of benzene rings is 2. The van der Waals surface area contributed by atoms with Gasteiger partial charge in [-0.15, -0.1) is 11.3 Å². The summed E-state index contributed by atoms with van der Waals surface area (Å²) in [5.74, 6) is -0.708. The number of anilines is 2. The lowest BCUT2D eigenvalue weighted by Gasteiger charge is -2.50. The summed E-state index contributed by atoms with van der Waals surface area (Å²) in [6.07, 6.45) is 4.80. The third-order valence-corrected chi connectivity index (χ3v) is 11.9. The van der Waals surface area contributed by atoms with Crippen LogP contribution in [0, 0.1) is 23.0 Å². The normalized spacial score (nSPS) is 23.9. The lowest BCUT2D eigenvalue weighted by atomic mass is 9.73. The molecule has 0 radical (unpaired) electrons. The van der Waals surface area contributed by atoms with E-state index in [2.05, 4.69) is 14.8 Å². The first-order valence-corrected chi connectivity index (χ1v) is 16.4. The summed E-state index contributed by atoms with van der Waals surface area (Å²) in [5.41, 5.74) is 5.53. The van der Waals surface area contributed by atoms with Gasteiger partial charge in [0.15, 0.2) is 11.6 Å². The second-order valence-corrected chi connectivity index (χ2v) is 14.2. The molecule has 5 heterocycles. The van der Waals surface area contributed by atoms with E-state index < -0.39 is 23.3 Å². The summed E-state index contributed by atoms with van der Waals surface area (Å²) < 4.78 is 59.2. The fraction of sp³-hybridized carbons (Fsp3) is 0.469. The molecular formula is C32H30ClF3N6O2S. The zero-order chi connectivity index (χ0) is 31.2. The van der Waals surface area contributed by atoms with Gasteiger partial charge < -0.3 is 20.1 Å². The molecule has 2 atom stereocenters. The van der Waals surface area contributed by atoms with Gasteiger partial charge in [0.25, 0.3) is 0 Å². The standard InChI is InChI=1S/C32H30ClF3N6O2S/c1-41-29-22-25(39-30(40-29)44-15-32-8-3-10-42(32)14-16(34)12-32)24(36)21(23(33)26(22)43-11-9-31(41)6-2-7-31)17-4-5-19(35)27-20(17)18(13-37)28(38)45-27/h4-5,16H,2-3,6-12,14-15,38H2,1H3/t16-,32+/m1/s1. The minimum Gasteiger partial charge on any atom is -0.491 e. The number of rotatable bonds is 4. The van der Waals surface area contributed by atoms with E-state index in [0.29, 0.717) is 37.2 Å². The van der Waals surface area contributed by atoms with Crippen molar-refractivity contribution in [3.05, 3.63) is 34.4 Å². The molecule has 2 aromatic carbocycles. The van der Waals surface area contributed by atoms with Crippen LogP contribution in [0.25, 0.3) is 32.1 Å².